The summed E-state index contributed by atoms with van der Waals surface area (Å²) in [5.74, 6) is 0.444. The Kier molecular flexibility index (Phi) is 5.20. The van der Waals surface area contributed by atoms with Crippen molar-refractivity contribution in [3.8, 4) is 0 Å². The van der Waals surface area contributed by atoms with Crippen molar-refractivity contribution in [3.63, 3.8) is 0 Å². The Balaban J connectivity index is 1.93. The van der Waals surface area contributed by atoms with E-state index >= 15 is 0 Å². The topological polar surface area (TPSA) is 79.8 Å². The van der Waals surface area contributed by atoms with Crippen molar-refractivity contribution in [2.24, 2.45) is 0 Å². The van der Waals surface area contributed by atoms with E-state index in [-0.39, 0.29) is 5.91 Å². The minimum atomic E-state index is -0.235. The second kappa shape index (κ2) is 7.33. The Labute approximate surface area is 124 Å². The van der Waals surface area contributed by atoms with Gasteiger partial charge >= 0.3 is 0 Å². The molecule has 21 heavy (non-hydrogen) atoms. The molecular weight excluding hydrogens is 266 g/mol. The van der Waals surface area contributed by atoms with Crippen LogP contribution in [-0.4, -0.2) is 27.6 Å². The molecule has 0 aliphatic heterocycles. The van der Waals surface area contributed by atoms with Crippen LogP contribution >= 0.6 is 0 Å². The lowest BCUT2D eigenvalue weighted by atomic mass is 10.1. The van der Waals surface area contributed by atoms with Gasteiger partial charge in [-0.1, -0.05) is 6.92 Å². The van der Waals surface area contributed by atoms with E-state index < -0.39 is 0 Å². The zero-order valence-corrected chi connectivity index (χ0v) is 12.3. The third kappa shape index (κ3) is 4.24. The molecule has 0 aliphatic rings. The maximum atomic E-state index is 12.0. The Morgan fingerprint density at radius 1 is 1.24 bits per heavy atom. The molecule has 2 aromatic heterocycles. The van der Waals surface area contributed by atoms with Crippen LogP contribution in [0.25, 0.3) is 0 Å². The maximum absolute atomic E-state index is 12.0. The van der Waals surface area contributed by atoms with Crippen molar-refractivity contribution >= 4 is 11.7 Å². The van der Waals surface area contributed by atoms with Crippen LogP contribution in [0.2, 0.25) is 0 Å². The SMILES string of the molecule is CCCNc1ccc(C(=O)NCc2ccncc2C)nn1. The van der Waals surface area contributed by atoms with Crippen LogP contribution in [0.4, 0.5) is 5.82 Å². The molecule has 0 bridgehead atoms. The predicted octanol–water partition coefficient (Wildman–Crippen LogP) is 1.93. The molecule has 6 nitrogen and oxygen atoms in total. The van der Waals surface area contributed by atoms with Crippen molar-refractivity contribution < 1.29 is 4.79 Å². The molecule has 110 valence electrons. The first kappa shape index (κ1) is 14.9. The molecule has 0 aliphatic carbocycles. The first-order valence-electron chi connectivity index (χ1n) is 6.96. The van der Waals surface area contributed by atoms with Gasteiger partial charge in [0.15, 0.2) is 5.69 Å². The van der Waals surface area contributed by atoms with E-state index in [0.717, 1.165) is 24.1 Å². The van der Waals surface area contributed by atoms with Gasteiger partial charge in [0.1, 0.15) is 5.82 Å². The van der Waals surface area contributed by atoms with Gasteiger partial charge in [0.05, 0.1) is 0 Å². The fourth-order valence-corrected chi connectivity index (χ4v) is 1.77. The summed E-state index contributed by atoms with van der Waals surface area (Å²) < 4.78 is 0. The van der Waals surface area contributed by atoms with Crippen molar-refractivity contribution in [1.82, 2.24) is 20.5 Å². The number of aromatic nitrogens is 3. The van der Waals surface area contributed by atoms with Crippen molar-refractivity contribution in [3.05, 3.63) is 47.4 Å². The molecule has 0 unspecified atom stereocenters. The van der Waals surface area contributed by atoms with Gasteiger partial charge in [0.25, 0.3) is 5.91 Å². The van der Waals surface area contributed by atoms with Crippen LogP contribution < -0.4 is 10.6 Å². The van der Waals surface area contributed by atoms with E-state index in [1.54, 1.807) is 24.5 Å². The number of amides is 1. The van der Waals surface area contributed by atoms with Gasteiger partial charge in [0.2, 0.25) is 0 Å². The number of carbonyl (C=O) groups is 1. The number of anilines is 1. The fourth-order valence-electron chi connectivity index (χ4n) is 1.77. The first-order chi connectivity index (χ1) is 10.2. The number of pyridine rings is 1. The fraction of sp³-hybridized carbons (Fsp3) is 0.333. The molecule has 0 radical (unpaired) electrons. The lowest BCUT2D eigenvalue weighted by Gasteiger charge is -2.07. The standard InChI is InChI=1S/C15H19N5O/c1-3-7-17-14-5-4-13(19-20-14)15(21)18-10-12-6-8-16-9-11(12)2/h4-6,8-9H,3,7,10H2,1-2H3,(H,17,20)(H,18,21). The summed E-state index contributed by atoms with van der Waals surface area (Å²) in [6.45, 7) is 5.32. The normalized spacial score (nSPS) is 10.2. The van der Waals surface area contributed by atoms with Gasteiger partial charge in [-0.3, -0.25) is 9.78 Å². The van der Waals surface area contributed by atoms with Crippen LogP contribution in [-0.2, 0) is 6.54 Å². The number of hydrogen-bond acceptors (Lipinski definition) is 5. The highest BCUT2D eigenvalue weighted by Gasteiger charge is 2.08. The summed E-state index contributed by atoms with van der Waals surface area (Å²) >= 11 is 0. The Morgan fingerprint density at radius 2 is 2.10 bits per heavy atom. The van der Waals surface area contributed by atoms with Gasteiger partial charge in [0, 0.05) is 25.5 Å². The highest BCUT2D eigenvalue weighted by Crippen LogP contribution is 2.06. The number of aryl methyl sites for hydroxylation is 1. The summed E-state index contributed by atoms with van der Waals surface area (Å²) in [5, 5.41) is 13.8. The van der Waals surface area contributed by atoms with E-state index in [9.17, 15) is 4.79 Å². The predicted molar refractivity (Wildman–Crippen MR) is 81.0 cm³/mol. The second-order valence-electron chi connectivity index (χ2n) is 4.72. The average molecular weight is 285 g/mol. The summed E-state index contributed by atoms with van der Waals surface area (Å²) in [6.07, 6.45) is 4.49. The van der Waals surface area contributed by atoms with Crippen LogP contribution in [0.15, 0.2) is 30.6 Å². The van der Waals surface area contributed by atoms with Crippen LogP contribution in [0.3, 0.4) is 0 Å². The van der Waals surface area contributed by atoms with Crippen LogP contribution in [0.5, 0.6) is 0 Å². The molecule has 0 saturated heterocycles. The molecule has 0 saturated carbocycles. The molecule has 1 amide bonds. The highest BCUT2D eigenvalue weighted by atomic mass is 16.1. The summed E-state index contributed by atoms with van der Waals surface area (Å²) in [6, 6.07) is 5.31. The Hall–Kier alpha value is -2.50. The zero-order valence-electron chi connectivity index (χ0n) is 12.3. The van der Waals surface area contributed by atoms with Gasteiger partial charge < -0.3 is 10.6 Å². The number of carbonyl (C=O) groups excluding carboxylic acids is 1. The summed E-state index contributed by atoms with van der Waals surface area (Å²) in [5.41, 5.74) is 2.39. The minimum Gasteiger partial charge on any atom is -0.369 e. The van der Waals surface area contributed by atoms with E-state index in [1.165, 1.54) is 0 Å². The molecule has 0 spiro atoms. The number of hydrogen-bond donors (Lipinski definition) is 2. The van der Waals surface area contributed by atoms with Crippen LogP contribution in [0, 0.1) is 6.92 Å². The quantitative estimate of drug-likeness (QED) is 0.847. The van der Waals surface area contributed by atoms with Gasteiger partial charge in [-0.05, 0) is 42.7 Å². The third-order valence-corrected chi connectivity index (χ3v) is 3.03. The molecule has 0 atom stereocenters. The van der Waals surface area contributed by atoms with Gasteiger partial charge in [-0.15, -0.1) is 10.2 Å². The Morgan fingerprint density at radius 3 is 2.76 bits per heavy atom. The van der Waals surface area contributed by atoms with Gasteiger partial charge in [-0.2, -0.15) is 0 Å². The van der Waals surface area contributed by atoms with Crippen molar-refractivity contribution in [1.29, 1.82) is 0 Å². The molecule has 2 heterocycles. The summed E-state index contributed by atoms with van der Waals surface area (Å²) in [7, 11) is 0. The molecule has 2 N–H and O–H groups in total. The van der Waals surface area contributed by atoms with E-state index in [0.29, 0.717) is 18.1 Å². The molecule has 0 aromatic carbocycles. The Bertz CT molecular complexity index is 597. The lowest BCUT2D eigenvalue weighted by Crippen LogP contribution is -2.24. The number of rotatable bonds is 6. The highest BCUT2D eigenvalue weighted by molar-refractivity contribution is 5.92. The largest absolute Gasteiger partial charge is 0.369 e. The van der Waals surface area contributed by atoms with Crippen molar-refractivity contribution in [2.45, 2.75) is 26.8 Å². The van der Waals surface area contributed by atoms with Crippen molar-refractivity contribution in [2.75, 3.05) is 11.9 Å². The maximum Gasteiger partial charge on any atom is 0.272 e. The zero-order chi connectivity index (χ0) is 15.1. The molecule has 6 heteroatoms. The first-order valence-corrected chi connectivity index (χ1v) is 6.96. The lowest BCUT2D eigenvalue weighted by molar-refractivity contribution is 0.0945. The van der Waals surface area contributed by atoms with Crippen LogP contribution in [0.1, 0.15) is 35.0 Å². The minimum absolute atomic E-state index is 0.235. The van der Waals surface area contributed by atoms with E-state index in [4.69, 9.17) is 0 Å². The molecular formula is C15H19N5O. The number of nitrogens with zero attached hydrogens (tertiary/aromatic N) is 3. The third-order valence-electron chi connectivity index (χ3n) is 3.03. The van der Waals surface area contributed by atoms with E-state index in [1.807, 2.05) is 13.0 Å². The smallest absolute Gasteiger partial charge is 0.272 e. The van der Waals surface area contributed by atoms with E-state index in [2.05, 4.69) is 32.7 Å². The molecule has 2 rings (SSSR count). The molecule has 0 fully saturated rings. The second-order valence-corrected chi connectivity index (χ2v) is 4.72. The summed E-state index contributed by atoms with van der Waals surface area (Å²) in [4.78, 5) is 16.0. The average Bonchev–Trinajstić information content (AvgIpc) is 2.52. The monoisotopic (exact) mass is 285 g/mol. The van der Waals surface area contributed by atoms with Gasteiger partial charge in [-0.25, -0.2) is 0 Å². The number of nitrogens with one attached hydrogen (secondary N) is 2. The molecule has 2 aromatic rings.